The molecule has 1 aliphatic rings. The summed E-state index contributed by atoms with van der Waals surface area (Å²) in [4.78, 5) is 0. The molecule has 19 heavy (non-hydrogen) atoms. The molecule has 1 aromatic heterocycles. The molecule has 0 amide bonds. The van der Waals surface area contributed by atoms with E-state index in [1.807, 2.05) is 18.2 Å². The van der Waals surface area contributed by atoms with Gasteiger partial charge in [-0.05, 0) is 31.5 Å². The number of aromatic nitrogens is 3. The van der Waals surface area contributed by atoms with Crippen molar-refractivity contribution < 1.29 is 4.74 Å². The van der Waals surface area contributed by atoms with Crippen LogP contribution in [0.3, 0.4) is 0 Å². The molecule has 2 atom stereocenters. The van der Waals surface area contributed by atoms with Gasteiger partial charge in [0.25, 0.3) is 0 Å². The molecule has 2 aromatic rings. The SMILES string of the molecule is COC1CCCC1n1c(-c2ccccc2)n[nH]c1=S. The molecule has 0 aliphatic heterocycles. The highest BCUT2D eigenvalue weighted by Gasteiger charge is 2.31. The summed E-state index contributed by atoms with van der Waals surface area (Å²) in [5.41, 5.74) is 1.08. The molecule has 0 radical (unpaired) electrons. The van der Waals surface area contributed by atoms with Gasteiger partial charge in [0, 0.05) is 12.7 Å². The van der Waals surface area contributed by atoms with Gasteiger partial charge in [-0.3, -0.25) is 9.67 Å². The van der Waals surface area contributed by atoms with Crippen molar-refractivity contribution in [3.63, 3.8) is 0 Å². The van der Waals surface area contributed by atoms with Crippen LogP contribution < -0.4 is 0 Å². The second kappa shape index (κ2) is 5.27. The number of benzene rings is 1. The van der Waals surface area contributed by atoms with Gasteiger partial charge in [0.1, 0.15) is 0 Å². The quantitative estimate of drug-likeness (QED) is 0.874. The van der Waals surface area contributed by atoms with E-state index in [9.17, 15) is 0 Å². The molecule has 100 valence electrons. The van der Waals surface area contributed by atoms with E-state index in [2.05, 4.69) is 26.9 Å². The third kappa shape index (κ3) is 2.24. The third-order valence-corrected chi connectivity index (χ3v) is 4.08. The van der Waals surface area contributed by atoms with Crippen molar-refractivity contribution >= 4 is 12.2 Å². The van der Waals surface area contributed by atoms with Crippen LogP contribution in [0.2, 0.25) is 0 Å². The number of H-pyrrole nitrogens is 1. The van der Waals surface area contributed by atoms with E-state index in [-0.39, 0.29) is 12.1 Å². The first-order chi connectivity index (χ1) is 9.31. The highest BCUT2D eigenvalue weighted by molar-refractivity contribution is 7.71. The highest BCUT2D eigenvalue weighted by atomic mass is 32.1. The van der Waals surface area contributed by atoms with Gasteiger partial charge in [-0.25, -0.2) is 0 Å². The normalized spacial score (nSPS) is 22.8. The topological polar surface area (TPSA) is 42.8 Å². The van der Waals surface area contributed by atoms with Crippen LogP contribution in [-0.4, -0.2) is 28.0 Å². The zero-order valence-corrected chi connectivity index (χ0v) is 11.7. The lowest BCUT2D eigenvalue weighted by Gasteiger charge is -2.21. The van der Waals surface area contributed by atoms with Crippen LogP contribution in [0.1, 0.15) is 25.3 Å². The Kier molecular flexibility index (Phi) is 3.48. The Hall–Kier alpha value is -1.46. The van der Waals surface area contributed by atoms with Crippen molar-refractivity contribution in [3.8, 4) is 11.4 Å². The monoisotopic (exact) mass is 275 g/mol. The maximum atomic E-state index is 5.58. The lowest BCUT2D eigenvalue weighted by Crippen LogP contribution is -2.21. The second-order valence-corrected chi connectivity index (χ2v) is 5.25. The molecule has 0 bridgehead atoms. The van der Waals surface area contributed by atoms with Crippen LogP contribution in [0.4, 0.5) is 0 Å². The maximum absolute atomic E-state index is 5.58. The predicted octanol–water partition coefficient (Wildman–Crippen LogP) is 3.35. The average molecular weight is 275 g/mol. The first-order valence-electron chi connectivity index (χ1n) is 6.56. The Balaban J connectivity index is 2.07. The van der Waals surface area contributed by atoms with Crippen LogP contribution in [0.25, 0.3) is 11.4 Å². The van der Waals surface area contributed by atoms with Crippen molar-refractivity contribution in [2.75, 3.05) is 7.11 Å². The van der Waals surface area contributed by atoms with Gasteiger partial charge < -0.3 is 4.74 Å². The van der Waals surface area contributed by atoms with Gasteiger partial charge in [-0.2, -0.15) is 5.10 Å². The fourth-order valence-electron chi connectivity index (χ4n) is 2.88. The Morgan fingerprint density at radius 1 is 1.32 bits per heavy atom. The van der Waals surface area contributed by atoms with Gasteiger partial charge in [-0.1, -0.05) is 30.3 Å². The number of nitrogens with one attached hydrogen (secondary N) is 1. The molecular formula is C14H17N3OS. The van der Waals surface area contributed by atoms with Crippen molar-refractivity contribution in [1.29, 1.82) is 0 Å². The standard InChI is InChI=1S/C14H17N3OS/c1-18-12-9-5-8-11(12)17-13(15-16-14(17)19)10-6-3-2-4-7-10/h2-4,6-7,11-12H,5,8-9H2,1H3,(H,16,19). The summed E-state index contributed by atoms with van der Waals surface area (Å²) in [5, 5.41) is 7.31. The van der Waals surface area contributed by atoms with Gasteiger partial charge in [0.15, 0.2) is 10.6 Å². The predicted molar refractivity (Wildman–Crippen MR) is 76.5 cm³/mol. The Morgan fingerprint density at radius 3 is 2.84 bits per heavy atom. The highest BCUT2D eigenvalue weighted by Crippen LogP contribution is 2.35. The Labute approximate surface area is 117 Å². The van der Waals surface area contributed by atoms with E-state index in [0.717, 1.165) is 24.2 Å². The molecule has 4 nitrogen and oxygen atoms in total. The zero-order chi connectivity index (χ0) is 13.2. The summed E-state index contributed by atoms with van der Waals surface area (Å²) in [5.74, 6) is 0.902. The number of hydrogen-bond acceptors (Lipinski definition) is 3. The van der Waals surface area contributed by atoms with Gasteiger partial charge in [-0.15, -0.1) is 0 Å². The molecular weight excluding hydrogens is 258 g/mol. The molecule has 0 saturated heterocycles. The lowest BCUT2D eigenvalue weighted by atomic mass is 10.1. The second-order valence-electron chi connectivity index (χ2n) is 4.86. The molecule has 1 saturated carbocycles. The smallest absolute Gasteiger partial charge is 0.195 e. The lowest BCUT2D eigenvalue weighted by molar-refractivity contribution is 0.0749. The summed E-state index contributed by atoms with van der Waals surface area (Å²) in [7, 11) is 1.77. The molecule has 5 heteroatoms. The van der Waals surface area contributed by atoms with Crippen LogP contribution >= 0.6 is 12.2 Å². The van der Waals surface area contributed by atoms with Crippen LogP contribution in [-0.2, 0) is 4.74 Å². The molecule has 1 aromatic carbocycles. The number of rotatable bonds is 3. The van der Waals surface area contributed by atoms with E-state index in [1.54, 1.807) is 7.11 Å². The van der Waals surface area contributed by atoms with Gasteiger partial charge >= 0.3 is 0 Å². The molecule has 1 fully saturated rings. The number of nitrogens with zero attached hydrogens (tertiary/aromatic N) is 2. The molecule has 0 spiro atoms. The minimum atomic E-state index is 0.228. The van der Waals surface area contributed by atoms with E-state index >= 15 is 0 Å². The largest absolute Gasteiger partial charge is 0.379 e. The van der Waals surface area contributed by atoms with Crippen molar-refractivity contribution in [2.24, 2.45) is 0 Å². The van der Waals surface area contributed by atoms with Crippen molar-refractivity contribution in [2.45, 2.75) is 31.4 Å². The minimum absolute atomic E-state index is 0.228. The van der Waals surface area contributed by atoms with Crippen LogP contribution in [0.15, 0.2) is 30.3 Å². The summed E-state index contributed by atoms with van der Waals surface area (Å²) in [6, 6.07) is 10.4. The summed E-state index contributed by atoms with van der Waals surface area (Å²) in [6.45, 7) is 0. The number of ether oxygens (including phenoxy) is 1. The average Bonchev–Trinajstić information content (AvgIpc) is 3.05. The van der Waals surface area contributed by atoms with E-state index in [1.165, 1.54) is 6.42 Å². The first kappa shape index (κ1) is 12.6. The van der Waals surface area contributed by atoms with E-state index < -0.39 is 0 Å². The summed E-state index contributed by atoms with van der Waals surface area (Å²) < 4.78 is 8.38. The fourth-order valence-corrected chi connectivity index (χ4v) is 3.15. The Bertz CT molecular complexity index is 605. The minimum Gasteiger partial charge on any atom is -0.379 e. The fraction of sp³-hybridized carbons (Fsp3) is 0.429. The number of hydrogen-bond donors (Lipinski definition) is 1. The van der Waals surface area contributed by atoms with Crippen molar-refractivity contribution in [3.05, 3.63) is 35.1 Å². The zero-order valence-electron chi connectivity index (χ0n) is 10.9. The summed E-state index contributed by atoms with van der Waals surface area (Å²) in [6.07, 6.45) is 3.57. The maximum Gasteiger partial charge on any atom is 0.195 e. The molecule has 2 unspecified atom stereocenters. The van der Waals surface area contributed by atoms with Gasteiger partial charge in [0.05, 0.1) is 12.1 Å². The molecule has 1 aliphatic carbocycles. The molecule has 3 rings (SSSR count). The number of aromatic amines is 1. The summed E-state index contributed by atoms with van der Waals surface area (Å²) >= 11 is 5.40. The van der Waals surface area contributed by atoms with Gasteiger partial charge in [0.2, 0.25) is 0 Å². The first-order valence-corrected chi connectivity index (χ1v) is 6.97. The van der Waals surface area contributed by atoms with E-state index in [0.29, 0.717) is 4.77 Å². The van der Waals surface area contributed by atoms with Crippen LogP contribution in [0.5, 0.6) is 0 Å². The van der Waals surface area contributed by atoms with Crippen molar-refractivity contribution in [1.82, 2.24) is 14.8 Å². The van der Waals surface area contributed by atoms with E-state index in [4.69, 9.17) is 17.0 Å². The van der Waals surface area contributed by atoms with Crippen LogP contribution in [0, 0.1) is 4.77 Å². The number of methoxy groups -OCH3 is 1. The third-order valence-electron chi connectivity index (χ3n) is 3.79. The molecule has 1 N–H and O–H groups in total. The Morgan fingerprint density at radius 2 is 2.11 bits per heavy atom. The molecule has 1 heterocycles.